The molecule has 0 aliphatic heterocycles. The van der Waals surface area contributed by atoms with Crippen molar-refractivity contribution in [3.05, 3.63) is 54.6 Å². The normalized spacial score (nSPS) is 30.8. The molecule has 1 aromatic carbocycles. The Labute approximate surface area is 228 Å². The highest BCUT2D eigenvalue weighted by Crippen LogP contribution is 2.43. The summed E-state index contributed by atoms with van der Waals surface area (Å²) < 4.78 is 0. The molecule has 2 heteroatoms. The fourth-order valence-corrected chi connectivity index (χ4v) is 7.63. The van der Waals surface area contributed by atoms with Gasteiger partial charge in [0.05, 0.1) is 0 Å². The Bertz CT molecular complexity index is 846. The van der Waals surface area contributed by atoms with Crippen molar-refractivity contribution in [2.75, 3.05) is 11.9 Å². The molecule has 0 aromatic heterocycles. The summed E-state index contributed by atoms with van der Waals surface area (Å²) in [7, 11) is 1.81. The number of unbranched alkanes of at least 4 members (excludes halogenated alkanes) is 2. The lowest BCUT2D eigenvalue weighted by atomic mass is 9.68. The van der Waals surface area contributed by atoms with Crippen LogP contribution in [0.3, 0.4) is 0 Å². The van der Waals surface area contributed by atoms with Gasteiger partial charge in [-0.2, -0.15) is 0 Å². The molecule has 0 N–H and O–H groups in total. The number of carbonyl (C=O) groups excluding carboxylic acids is 1. The Morgan fingerprint density at radius 3 is 1.89 bits per heavy atom. The zero-order chi connectivity index (χ0) is 26.0. The molecule has 1 aromatic rings. The number of carbonyl (C=O) groups is 1. The number of nitrogens with zero attached hydrogens (tertiary/aromatic N) is 1. The van der Waals surface area contributed by atoms with E-state index in [1.165, 1.54) is 114 Å². The van der Waals surface area contributed by atoms with Gasteiger partial charge in [-0.3, -0.25) is 4.79 Å². The molecule has 3 aliphatic rings. The van der Waals surface area contributed by atoms with Crippen molar-refractivity contribution in [2.45, 2.75) is 116 Å². The highest BCUT2D eigenvalue weighted by Gasteiger charge is 2.30. The predicted molar refractivity (Wildman–Crippen MR) is 159 cm³/mol. The third-order valence-corrected chi connectivity index (χ3v) is 10.3. The van der Waals surface area contributed by atoms with Gasteiger partial charge in [0.15, 0.2) is 0 Å². The fourth-order valence-electron chi connectivity index (χ4n) is 7.63. The molecule has 0 unspecified atom stereocenters. The predicted octanol–water partition coefficient (Wildman–Crippen LogP) is 9.86. The van der Waals surface area contributed by atoms with Crippen LogP contribution in [0.2, 0.25) is 0 Å². The van der Waals surface area contributed by atoms with Gasteiger partial charge in [0.25, 0.3) is 0 Å². The maximum atomic E-state index is 11.8. The van der Waals surface area contributed by atoms with Gasteiger partial charge in [-0.25, -0.2) is 0 Å². The lowest BCUT2D eigenvalue weighted by molar-refractivity contribution is -0.113. The van der Waals surface area contributed by atoms with Crippen molar-refractivity contribution in [2.24, 2.45) is 29.6 Å². The van der Waals surface area contributed by atoms with Crippen LogP contribution in [-0.4, -0.2) is 13.0 Å². The number of allylic oxidation sites excluding steroid dienone is 2. The van der Waals surface area contributed by atoms with Gasteiger partial charge in [0.2, 0.25) is 5.91 Å². The first-order valence-electron chi connectivity index (χ1n) is 15.8. The number of amides is 1. The molecule has 3 saturated carbocycles. The molecule has 0 heterocycles. The van der Waals surface area contributed by atoms with Crippen molar-refractivity contribution in [1.29, 1.82) is 0 Å². The molecule has 37 heavy (non-hydrogen) atoms. The standard InChI is InChI=1S/C35H53NO/c1-4-6-7-8-27-11-17-30(18-12-27)31-19-13-28(14-20-31)9-10-29-15-21-32(22-16-29)33-23-25-34(26-24-33)36(3)35(37)5-2/h5,9-10,23-32H,2,4,6-8,11-22H2,1,3H3/b10-9+. The van der Waals surface area contributed by atoms with Crippen molar-refractivity contribution in [3.8, 4) is 0 Å². The molecule has 3 aliphatic carbocycles. The lowest BCUT2D eigenvalue weighted by Crippen LogP contribution is -2.25. The Balaban J connectivity index is 1.14. The van der Waals surface area contributed by atoms with E-state index in [0.29, 0.717) is 5.92 Å². The summed E-state index contributed by atoms with van der Waals surface area (Å²) >= 11 is 0. The van der Waals surface area contributed by atoms with Crippen LogP contribution in [0.25, 0.3) is 0 Å². The van der Waals surface area contributed by atoms with Crippen molar-refractivity contribution < 1.29 is 4.79 Å². The van der Waals surface area contributed by atoms with E-state index in [2.05, 4.69) is 49.9 Å². The molecule has 0 radical (unpaired) electrons. The third-order valence-electron chi connectivity index (χ3n) is 10.3. The summed E-state index contributed by atoms with van der Waals surface area (Å²) in [6.45, 7) is 5.91. The Hall–Kier alpha value is -1.83. The number of likely N-dealkylation sites (N-methyl/N-ethyl adjacent to an activating group) is 1. The molecule has 204 valence electrons. The number of benzene rings is 1. The number of hydrogen-bond donors (Lipinski definition) is 0. The maximum absolute atomic E-state index is 11.8. The average Bonchev–Trinajstić information content (AvgIpc) is 2.96. The number of hydrogen-bond acceptors (Lipinski definition) is 1. The second-order valence-corrected chi connectivity index (χ2v) is 12.6. The van der Waals surface area contributed by atoms with E-state index in [4.69, 9.17) is 0 Å². The topological polar surface area (TPSA) is 20.3 Å². The van der Waals surface area contributed by atoms with Crippen LogP contribution in [-0.2, 0) is 4.79 Å². The van der Waals surface area contributed by atoms with Crippen LogP contribution < -0.4 is 4.90 Å². The summed E-state index contributed by atoms with van der Waals surface area (Å²) in [5, 5.41) is 0. The molecule has 4 rings (SSSR count). The first-order chi connectivity index (χ1) is 18.1. The monoisotopic (exact) mass is 503 g/mol. The average molecular weight is 504 g/mol. The SMILES string of the molecule is C=CC(=O)N(C)c1ccc(C2CCC(/C=C/C3CCC(C4CCC(CCCCC)CC4)CC3)CC2)cc1. The minimum absolute atomic E-state index is 0.0613. The van der Waals surface area contributed by atoms with Gasteiger partial charge in [-0.1, -0.05) is 76.3 Å². The Morgan fingerprint density at radius 1 is 0.811 bits per heavy atom. The first kappa shape index (κ1) is 28.2. The minimum atomic E-state index is -0.0613. The van der Waals surface area contributed by atoms with Gasteiger partial charge in [-0.15, -0.1) is 0 Å². The zero-order valence-corrected chi connectivity index (χ0v) is 23.9. The molecule has 0 spiro atoms. The maximum Gasteiger partial charge on any atom is 0.250 e. The number of anilines is 1. The van der Waals surface area contributed by atoms with Gasteiger partial charge < -0.3 is 4.90 Å². The highest BCUT2D eigenvalue weighted by atomic mass is 16.2. The highest BCUT2D eigenvalue weighted by molar-refractivity contribution is 6.00. The molecular weight excluding hydrogens is 450 g/mol. The molecule has 3 fully saturated rings. The smallest absolute Gasteiger partial charge is 0.250 e. The van der Waals surface area contributed by atoms with E-state index >= 15 is 0 Å². The van der Waals surface area contributed by atoms with Crippen LogP contribution in [0.1, 0.15) is 121 Å². The number of rotatable bonds is 10. The van der Waals surface area contributed by atoms with E-state index in [0.717, 1.165) is 35.3 Å². The van der Waals surface area contributed by atoms with Crippen molar-refractivity contribution >= 4 is 11.6 Å². The van der Waals surface area contributed by atoms with Crippen LogP contribution in [0.15, 0.2) is 49.1 Å². The van der Waals surface area contributed by atoms with E-state index < -0.39 is 0 Å². The van der Waals surface area contributed by atoms with Crippen LogP contribution in [0.4, 0.5) is 5.69 Å². The van der Waals surface area contributed by atoms with Gasteiger partial charge in [0, 0.05) is 12.7 Å². The lowest BCUT2D eigenvalue weighted by Gasteiger charge is -2.37. The summed E-state index contributed by atoms with van der Waals surface area (Å²) in [5.74, 6) is 5.32. The van der Waals surface area contributed by atoms with Crippen molar-refractivity contribution in [3.63, 3.8) is 0 Å². The molecule has 0 atom stereocenters. The molecule has 1 amide bonds. The molecular formula is C35H53NO. The van der Waals surface area contributed by atoms with Crippen LogP contribution in [0.5, 0.6) is 0 Å². The van der Waals surface area contributed by atoms with Crippen LogP contribution in [0, 0.1) is 29.6 Å². The Kier molecular flexibility index (Phi) is 10.9. The largest absolute Gasteiger partial charge is 0.312 e. The van der Waals surface area contributed by atoms with E-state index in [1.54, 1.807) is 4.90 Å². The summed E-state index contributed by atoms with van der Waals surface area (Å²) in [6.07, 6.45) is 29.5. The summed E-state index contributed by atoms with van der Waals surface area (Å²) in [5.41, 5.74) is 2.37. The Morgan fingerprint density at radius 2 is 1.35 bits per heavy atom. The van der Waals surface area contributed by atoms with Crippen LogP contribution >= 0.6 is 0 Å². The molecule has 0 saturated heterocycles. The van der Waals surface area contributed by atoms with E-state index in [1.807, 2.05) is 7.05 Å². The zero-order valence-electron chi connectivity index (χ0n) is 23.9. The van der Waals surface area contributed by atoms with E-state index in [9.17, 15) is 4.79 Å². The van der Waals surface area contributed by atoms with Gasteiger partial charge >= 0.3 is 0 Å². The second-order valence-electron chi connectivity index (χ2n) is 12.6. The summed E-state index contributed by atoms with van der Waals surface area (Å²) in [4.78, 5) is 13.5. The van der Waals surface area contributed by atoms with Gasteiger partial charge in [0.1, 0.15) is 0 Å². The minimum Gasteiger partial charge on any atom is -0.312 e. The second kappa shape index (κ2) is 14.4. The summed E-state index contributed by atoms with van der Waals surface area (Å²) in [6, 6.07) is 8.61. The molecule has 0 bridgehead atoms. The van der Waals surface area contributed by atoms with E-state index in [-0.39, 0.29) is 5.91 Å². The molecule has 2 nitrogen and oxygen atoms in total. The third kappa shape index (κ3) is 8.08. The first-order valence-corrected chi connectivity index (χ1v) is 15.8. The van der Waals surface area contributed by atoms with Crippen molar-refractivity contribution in [1.82, 2.24) is 0 Å². The van der Waals surface area contributed by atoms with Gasteiger partial charge in [-0.05, 0) is 123 Å². The fraction of sp³-hybridized carbons (Fsp3) is 0.686. The quantitative estimate of drug-likeness (QED) is 0.177.